The van der Waals surface area contributed by atoms with E-state index in [1.807, 2.05) is 0 Å². The summed E-state index contributed by atoms with van der Waals surface area (Å²) in [4.78, 5) is 0. The van der Waals surface area contributed by atoms with E-state index in [-0.39, 0.29) is 5.52 Å². The van der Waals surface area contributed by atoms with Gasteiger partial charge in [0.25, 0.3) is 0 Å². The third kappa shape index (κ3) is 4.55. The second kappa shape index (κ2) is 3.73. The molecule has 0 fully saturated rings. The molecule has 0 aliphatic heterocycles. The molecule has 6 heavy (non-hydrogen) atoms. The summed E-state index contributed by atoms with van der Waals surface area (Å²) < 4.78 is 21.2. The smallest absolute Gasteiger partial charge is 0.284 e. The lowest BCUT2D eigenvalue weighted by Gasteiger charge is -1.83. The summed E-state index contributed by atoms with van der Waals surface area (Å²) in [6, 6.07) is 0. The number of halogens is 1. The Balaban J connectivity index is 2.83. The standard InChI is InChI=1S/CH3BrO3S/c2-1-5-6(3)4/h1H2,(H,3,4). The molecule has 0 aliphatic rings. The van der Waals surface area contributed by atoms with Crippen molar-refractivity contribution in [1.82, 2.24) is 0 Å². The van der Waals surface area contributed by atoms with Gasteiger partial charge in [-0.25, -0.2) is 0 Å². The summed E-state index contributed by atoms with van der Waals surface area (Å²) >= 11 is 0.662. The average molecular weight is 175 g/mol. The Morgan fingerprint density at radius 1 is 2.00 bits per heavy atom. The number of hydrogen-bond donors (Lipinski definition) is 1. The highest BCUT2D eigenvalue weighted by atomic mass is 79.9. The molecule has 0 aromatic rings. The van der Waals surface area contributed by atoms with Crippen LogP contribution in [0.1, 0.15) is 0 Å². The van der Waals surface area contributed by atoms with Gasteiger partial charge in [-0.15, -0.1) is 0 Å². The van der Waals surface area contributed by atoms with E-state index in [0.717, 1.165) is 0 Å². The number of alkyl halides is 1. The van der Waals surface area contributed by atoms with E-state index in [2.05, 4.69) is 20.1 Å². The molecule has 0 aliphatic carbocycles. The molecule has 0 amide bonds. The third-order valence-corrected chi connectivity index (χ3v) is 0.997. The highest BCUT2D eigenvalue weighted by molar-refractivity contribution is 9.09. The predicted molar refractivity (Wildman–Crippen MR) is 25.7 cm³/mol. The zero-order chi connectivity index (χ0) is 4.99. The van der Waals surface area contributed by atoms with E-state index < -0.39 is 11.4 Å². The molecule has 0 saturated carbocycles. The Kier molecular flexibility index (Phi) is 4.07. The predicted octanol–water partition coefficient (Wildman–Crippen LogP) is 0.492. The quantitative estimate of drug-likeness (QED) is 0.490. The molecule has 0 radical (unpaired) electrons. The number of hydrogen-bond acceptors (Lipinski definition) is 2. The minimum Gasteiger partial charge on any atom is -0.284 e. The molecule has 1 unspecified atom stereocenters. The maximum atomic E-state index is 9.46. The van der Waals surface area contributed by atoms with Crippen LogP contribution in [0.5, 0.6) is 0 Å². The van der Waals surface area contributed by atoms with Crippen LogP contribution in [0.4, 0.5) is 0 Å². The van der Waals surface area contributed by atoms with Gasteiger partial charge in [-0.3, -0.25) is 8.74 Å². The van der Waals surface area contributed by atoms with Gasteiger partial charge in [0, 0.05) is 0 Å². The molecule has 0 aromatic heterocycles. The van der Waals surface area contributed by atoms with Crippen LogP contribution in [0.25, 0.3) is 0 Å². The maximum Gasteiger partial charge on any atom is 0.302 e. The first kappa shape index (κ1) is 6.55. The highest BCUT2D eigenvalue weighted by Crippen LogP contribution is 1.82. The zero-order valence-corrected chi connectivity index (χ0v) is 5.16. The van der Waals surface area contributed by atoms with E-state index in [9.17, 15) is 4.21 Å². The molecule has 0 saturated heterocycles. The van der Waals surface area contributed by atoms with Gasteiger partial charge in [0.05, 0.1) is 0 Å². The van der Waals surface area contributed by atoms with Crippen LogP contribution in [0.3, 0.4) is 0 Å². The fourth-order valence-corrected chi connectivity index (χ4v) is 0.594. The summed E-state index contributed by atoms with van der Waals surface area (Å²) in [5, 5.41) is 0. The van der Waals surface area contributed by atoms with Crippen molar-refractivity contribution in [2.75, 3.05) is 5.52 Å². The fourth-order valence-electron chi connectivity index (χ4n) is 0.0381. The average Bonchev–Trinajstić information content (AvgIpc) is 1.35. The molecule has 0 spiro atoms. The molecular weight excluding hydrogens is 172 g/mol. The molecule has 5 heteroatoms. The van der Waals surface area contributed by atoms with Crippen LogP contribution in [0.2, 0.25) is 0 Å². The van der Waals surface area contributed by atoms with Crippen molar-refractivity contribution >= 4 is 27.3 Å². The van der Waals surface area contributed by atoms with E-state index in [1.54, 1.807) is 0 Å². The molecule has 1 atom stereocenters. The fraction of sp³-hybridized carbons (Fsp3) is 1.00. The van der Waals surface area contributed by atoms with Crippen molar-refractivity contribution in [3.63, 3.8) is 0 Å². The monoisotopic (exact) mass is 174 g/mol. The van der Waals surface area contributed by atoms with Crippen LogP contribution in [0, 0.1) is 0 Å². The first-order valence-corrected chi connectivity index (χ1v) is 3.23. The molecule has 0 aromatic carbocycles. The SMILES string of the molecule is O=S(O)OCBr. The van der Waals surface area contributed by atoms with Gasteiger partial charge in [0.1, 0.15) is 5.52 Å². The Bertz CT molecular complexity index is 54.8. The van der Waals surface area contributed by atoms with Gasteiger partial charge < -0.3 is 0 Å². The van der Waals surface area contributed by atoms with Crippen LogP contribution in [0.15, 0.2) is 0 Å². The molecule has 1 N–H and O–H groups in total. The Labute approximate surface area is 46.3 Å². The normalized spacial score (nSPS) is 14.3. The van der Waals surface area contributed by atoms with Crippen molar-refractivity contribution < 1.29 is 12.9 Å². The van der Waals surface area contributed by atoms with Crippen molar-refractivity contribution in [1.29, 1.82) is 0 Å². The van der Waals surface area contributed by atoms with Crippen LogP contribution < -0.4 is 0 Å². The molecule has 3 nitrogen and oxygen atoms in total. The lowest BCUT2D eigenvalue weighted by molar-refractivity contribution is 0.368. The van der Waals surface area contributed by atoms with Gasteiger partial charge >= 0.3 is 11.4 Å². The van der Waals surface area contributed by atoms with Crippen LogP contribution in [-0.4, -0.2) is 14.3 Å². The highest BCUT2D eigenvalue weighted by Gasteiger charge is 1.83. The zero-order valence-electron chi connectivity index (χ0n) is 2.76. The van der Waals surface area contributed by atoms with Crippen molar-refractivity contribution in [3.05, 3.63) is 0 Å². The van der Waals surface area contributed by atoms with Crippen molar-refractivity contribution in [3.8, 4) is 0 Å². The van der Waals surface area contributed by atoms with Gasteiger partial charge in [0.2, 0.25) is 0 Å². The van der Waals surface area contributed by atoms with Gasteiger partial charge in [-0.05, 0) is 0 Å². The third-order valence-electron chi connectivity index (χ3n) is 0.145. The minimum atomic E-state index is -2.11. The van der Waals surface area contributed by atoms with E-state index in [1.165, 1.54) is 0 Å². The first-order valence-electron chi connectivity index (χ1n) is 1.07. The molecular formula is CH3BrO3S. The lowest BCUT2D eigenvalue weighted by Crippen LogP contribution is -1.89. The maximum absolute atomic E-state index is 9.46. The summed E-state index contributed by atoms with van der Waals surface area (Å²) in [5.41, 5.74) is 0.0934. The van der Waals surface area contributed by atoms with E-state index >= 15 is 0 Å². The molecule has 38 valence electrons. The first-order chi connectivity index (χ1) is 2.77. The summed E-state index contributed by atoms with van der Waals surface area (Å²) in [6.07, 6.45) is 0. The second-order valence-electron chi connectivity index (χ2n) is 0.444. The molecule has 0 heterocycles. The van der Waals surface area contributed by atoms with E-state index in [4.69, 9.17) is 4.55 Å². The van der Waals surface area contributed by atoms with Gasteiger partial charge in [-0.2, -0.15) is 4.21 Å². The Hall–Kier alpha value is 0.550. The Morgan fingerprint density at radius 2 is 2.50 bits per heavy atom. The lowest BCUT2D eigenvalue weighted by atomic mass is 11.8. The summed E-state index contributed by atoms with van der Waals surface area (Å²) in [6.45, 7) is 0. The van der Waals surface area contributed by atoms with Crippen molar-refractivity contribution in [2.45, 2.75) is 0 Å². The van der Waals surface area contributed by atoms with Crippen molar-refractivity contribution in [2.24, 2.45) is 0 Å². The van der Waals surface area contributed by atoms with E-state index in [0.29, 0.717) is 0 Å². The summed E-state index contributed by atoms with van der Waals surface area (Å²) in [7, 11) is 0. The molecule has 0 bridgehead atoms. The topological polar surface area (TPSA) is 46.5 Å². The largest absolute Gasteiger partial charge is 0.302 e. The Morgan fingerprint density at radius 3 is 2.50 bits per heavy atom. The second-order valence-corrected chi connectivity index (χ2v) is 1.57. The van der Waals surface area contributed by atoms with Crippen LogP contribution in [-0.2, 0) is 15.5 Å². The molecule has 0 rings (SSSR count). The van der Waals surface area contributed by atoms with Gasteiger partial charge in [0.15, 0.2) is 0 Å². The van der Waals surface area contributed by atoms with Gasteiger partial charge in [-0.1, -0.05) is 15.9 Å². The minimum absolute atomic E-state index is 0.0934. The summed E-state index contributed by atoms with van der Waals surface area (Å²) in [5.74, 6) is 0. The number of rotatable bonds is 2. The van der Waals surface area contributed by atoms with Crippen LogP contribution >= 0.6 is 15.9 Å².